The van der Waals surface area contributed by atoms with Crippen LogP contribution in [0.25, 0.3) is 0 Å². The van der Waals surface area contributed by atoms with E-state index in [1.54, 1.807) is 16.4 Å². The average Bonchev–Trinajstić information content (AvgIpc) is 3.06. The SMILES string of the molecule is CCc1nc([C@@H]2CCCN(S(=O)(=O)c3ccc(C)c(C)c3)C2)no1. The van der Waals surface area contributed by atoms with Crippen LogP contribution >= 0.6 is 0 Å². The highest BCUT2D eigenvalue weighted by molar-refractivity contribution is 7.89. The van der Waals surface area contributed by atoms with E-state index >= 15 is 0 Å². The summed E-state index contributed by atoms with van der Waals surface area (Å²) in [7, 11) is -3.49. The predicted molar refractivity (Wildman–Crippen MR) is 90.3 cm³/mol. The minimum absolute atomic E-state index is 0.0101. The summed E-state index contributed by atoms with van der Waals surface area (Å²) in [6.07, 6.45) is 2.36. The van der Waals surface area contributed by atoms with Crippen LogP contribution in [-0.4, -0.2) is 36.0 Å². The van der Waals surface area contributed by atoms with E-state index in [1.807, 2.05) is 26.8 Å². The molecule has 0 radical (unpaired) electrons. The first-order valence-electron chi connectivity index (χ1n) is 8.31. The Hall–Kier alpha value is -1.73. The molecule has 1 aliphatic rings. The molecule has 0 bridgehead atoms. The number of benzene rings is 1. The molecule has 1 fully saturated rings. The van der Waals surface area contributed by atoms with Gasteiger partial charge >= 0.3 is 0 Å². The lowest BCUT2D eigenvalue weighted by Gasteiger charge is -2.30. The molecule has 1 saturated heterocycles. The summed E-state index contributed by atoms with van der Waals surface area (Å²) in [5.74, 6) is 1.20. The molecule has 24 heavy (non-hydrogen) atoms. The van der Waals surface area contributed by atoms with Crippen LogP contribution in [0.5, 0.6) is 0 Å². The Balaban J connectivity index is 1.83. The minimum Gasteiger partial charge on any atom is -0.339 e. The Bertz CT molecular complexity index is 829. The van der Waals surface area contributed by atoms with Gasteiger partial charge in [0.25, 0.3) is 0 Å². The monoisotopic (exact) mass is 349 g/mol. The molecular weight excluding hydrogens is 326 g/mol. The molecule has 0 saturated carbocycles. The highest BCUT2D eigenvalue weighted by Crippen LogP contribution is 2.29. The topological polar surface area (TPSA) is 76.3 Å². The maximum atomic E-state index is 13.0. The lowest BCUT2D eigenvalue weighted by Crippen LogP contribution is -2.39. The number of rotatable bonds is 4. The maximum Gasteiger partial charge on any atom is 0.243 e. The van der Waals surface area contributed by atoms with Gasteiger partial charge in [-0.15, -0.1) is 0 Å². The van der Waals surface area contributed by atoms with Crippen molar-refractivity contribution in [2.75, 3.05) is 13.1 Å². The van der Waals surface area contributed by atoms with Crippen molar-refractivity contribution >= 4 is 10.0 Å². The van der Waals surface area contributed by atoms with Crippen molar-refractivity contribution in [3.05, 3.63) is 41.0 Å². The lowest BCUT2D eigenvalue weighted by atomic mass is 9.99. The zero-order valence-electron chi connectivity index (χ0n) is 14.3. The molecule has 7 heteroatoms. The summed E-state index contributed by atoms with van der Waals surface area (Å²) in [5, 5.41) is 4.02. The van der Waals surface area contributed by atoms with Crippen LogP contribution in [0, 0.1) is 13.8 Å². The molecule has 0 unspecified atom stereocenters. The fraction of sp³-hybridized carbons (Fsp3) is 0.529. The van der Waals surface area contributed by atoms with Crippen molar-refractivity contribution in [1.29, 1.82) is 0 Å². The second-order valence-corrected chi connectivity index (χ2v) is 8.29. The first kappa shape index (κ1) is 17.1. The van der Waals surface area contributed by atoms with Crippen LogP contribution in [0.1, 0.15) is 48.5 Å². The van der Waals surface area contributed by atoms with Gasteiger partial charge in [-0.05, 0) is 49.9 Å². The summed E-state index contributed by atoms with van der Waals surface area (Å²) in [4.78, 5) is 4.72. The molecule has 1 atom stereocenters. The van der Waals surface area contributed by atoms with Crippen molar-refractivity contribution in [3.8, 4) is 0 Å². The van der Waals surface area contributed by atoms with Crippen molar-refractivity contribution in [2.24, 2.45) is 0 Å². The van der Waals surface area contributed by atoms with Crippen LogP contribution in [-0.2, 0) is 16.4 Å². The quantitative estimate of drug-likeness (QED) is 0.848. The van der Waals surface area contributed by atoms with Gasteiger partial charge in [0.2, 0.25) is 15.9 Å². The van der Waals surface area contributed by atoms with E-state index in [-0.39, 0.29) is 5.92 Å². The molecule has 1 aliphatic heterocycles. The third-order valence-electron chi connectivity index (χ3n) is 4.65. The molecule has 1 aromatic heterocycles. The van der Waals surface area contributed by atoms with Crippen molar-refractivity contribution in [2.45, 2.75) is 50.8 Å². The van der Waals surface area contributed by atoms with Crippen LogP contribution in [0.15, 0.2) is 27.6 Å². The summed E-state index contributed by atoms with van der Waals surface area (Å²) >= 11 is 0. The van der Waals surface area contributed by atoms with Gasteiger partial charge in [0, 0.05) is 25.4 Å². The van der Waals surface area contributed by atoms with Crippen LogP contribution in [0.3, 0.4) is 0 Å². The Kier molecular flexibility index (Phi) is 4.73. The molecule has 2 heterocycles. The van der Waals surface area contributed by atoms with Gasteiger partial charge < -0.3 is 4.52 Å². The zero-order chi connectivity index (χ0) is 17.3. The highest BCUT2D eigenvalue weighted by Gasteiger charge is 2.33. The molecule has 130 valence electrons. The van der Waals surface area contributed by atoms with E-state index < -0.39 is 10.0 Å². The number of piperidine rings is 1. The largest absolute Gasteiger partial charge is 0.339 e. The molecule has 0 aliphatic carbocycles. The molecular formula is C17H23N3O3S. The Morgan fingerprint density at radius 3 is 2.75 bits per heavy atom. The zero-order valence-corrected chi connectivity index (χ0v) is 15.1. The predicted octanol–water partition coefficient (Wildman–Crippen LogP) is 2.82. The minimum atomic E-state index is -3.49. The fourth-order valence-corrected chi connectivity index (χ4v) is 4.58. The summed E-state index contributed by atoms with van der Waals surface area (Å²) in [6.45, 7) is 6.79. The van der Waals surface area contributed by atoms with Gasteiger partial charge in [-0.3, -0.25) is 0 Å². The molecule has 0 N–H and O–H groups in total. The summed E-state index contributed by atoms with van der Waals surface area (Å²) in [6, 6.07) is 5.29. The number of hydrogen-bond donors (Lipinski definition) is 0. The second-order valence-electron chi connectivity index (χ2n) is 6.35. The number of sulfonamides is 1. The molecule has 1 aromatic carbocycles. The normalized spacial score (nSPS) is 19.5. The van der Waals surface area contributed by atoms with Crippen molar-refractivity contribution in [1.82, 2.24) is 14.4 Å². The van der Waals surface area contributed by atoms with Gasteiger partial charge in [-0.2, -0.15) is 9.29 Å². The van der Waals surface area contributed by atoms with E-state index in [0.29, 0.717) is 36.1 Å². The van der Waals surface area contributed by atoms with E-state index in [4.69, 9.17) is 4.52 Å². The third kappa shape index (κ3) is 3.23. The van der Waals surface area contributed by atoms with Gasteiger partial charge in [0.05, 0.1) is 4.90 Å². The average molecular weight is 349 g/mol. The standard InChI is InChI=1S/C17H23N3O3S/c1-4-16-18-17(19-23-16)14-6-5-9-20(11-14)24(21,22)15-8-7-12(2)13(3)10-15/h7-8,10,14H,4-6,9,11H2,1-3H3/t14-/m1/s1. The molecule has 0 spiro atoms. The molecule has 6 nitrogen and oxygen atoms in total. The van der Waals surface area contributed by atoms with Crippen LogP contribution < -0.4 is 0 Å². The van der Waals surface area contributed by atoms with E-state index in [0.717, 1.165) is 24.0 Å². The Morgan fingerprint density at radius 2 is 2.08 bits per heavy atom. The van der Waals surface area contributed by atoms with Crippen LogP contribution in [0.4, 0.5) is 0 Å². The second kappa shape index (κ2) is 6.64. The van der Waals surface area contributed by atoms with Gasteiger partial charge in [-0.25, -0.2) is 8.42 Å². The maximum absolute atomic E-state index is 13.0. The number of aromatic nitrogens is 2. The van der Waals surface area contributed by atoms with E-state index in [1.165, 1.54) is 0 Å². The fourth-order valence-electron chi connectivity index (χ4n) is 2.97. The van der Waals surface area contributed by atoms with Crippen LogP contribution in [0.2, 0.25) is 0 Å². The first-order chi connectivity index (χ1) is 11.4. The molecule has 3 rings (SSSR count). The highest BCUT2D eigenvalue weighted by atomic mass is 32.2. The van der Waals surface area contributed by atoms with E-state index in [9.17, 15) is 8.42 Å². The Labute approximate surface area is 142 Å². The third-order valence-corrected chi connectivity index (χ3v) is 6.51. The molecule has 2 aromatic rings. The Morgan fingerprint density at radius 1 is 1.29 bits per heavy atom. The van der Waals surface area contributed by atoms with Gasteiger partial charge in [0.1, 0.15) is 0 Å². The summed E-state index contributed by atoms with van der Waals surface area (Å²) < 4.78 is 32.6. The summed E-state index contributed by atoms with van der Waals surface area (Å²) in [5.41, 5.74) is 2.07. The van der Waals surface area contributed by atoms with Gasteiger partial charge in [-0.1, -0.05) is 18.1 Å². The number of nitrogens with zero attached hydrogens (tertiary/aromatic N) is 3. The first-order valence-corrected chi connectivity index (χ1v) is 9.75. The lowest BCUT2D eigenvalue weighted by molar-refractivity contribution is 0.300. The van der Waals surface area contributed by atoms with E-state index in [2.05, 4.69) is 10.1 Å². The smallest absolute Gasteiger partial charge is 0.243 e. The molecule has 0 amide bonds. The number of aryl methyl sites for hydroxylation is 3. The van der Waals surface area contributed by atoms with Gasteiger partial charge in [0.15, 0.2) is 5.82 Å². The number of hydrogen-bond acceptors (Lipinski definition) is 5. The van der Waals surface area contributed by atoms with Crippen molar-refractivity contribution < 1.29 is 12.9 Å². The van der Waals surface area contributed by atoms with Crippen molar-refractivity contribution in [3.63, 3.8) is 0 Å².